The van der Waals surface area contributed by atoms with Crippen LogP contribution in [-0.2, 0) is 12.8 Å². The third-order valence-electron chi connectivity index (χ3n) is 3.26. The zero-order chi connectivity index (χ0) is 11.0. The predicted molar refractivity (Wildman–Crippen MR) is 61.6 cm³/mol. The van der Waals surface area contributed by atoms with Crippen molar-refractivity contribution in [3.63, 3.8) is 0 Å². The van der Waals surface area contributed by atoms with E-state index in [-0.39, 0.29) is 0 Å². The van der Waals surface area contributed by atoms with Gasteiger partial charge < -0.3 is 4.42 Å². The fraction of sp³-hybridized carbons (Fsp3) is 0.357. The summed E-state index contributed by atoms with van der Waals surface area (Å²) in [5.74, 6) is 2.19. The van der Waals surface area contributed by atoms with Gasteiger partial charge in [0.15, 0.2) is 5.76 Å². The molecule has 0 atom stereocenters. The van der Waals surface area contributed by atoms with E-state index in [0.29, 0.717) is 0 Å². The molecule has 0 saturated carbocycles. The van der Waals surface area contributed by atoms with E-state index in [2.05, 4.69) is 28.8 Å². The summed E-state index contributed by atoms with van der Waals surface area (Å²) in [6.45, 7) is 2.05. The van der Waals surface area contributed by atoms with Gasteiger partial charge in [0, 0.05) is 25.0 Å². The average Bonchev–Trinajstić information content (AvgIpc) is 2.66. The molecule has 0 saturated heterocycles. The first-order valence-electron chi connectivity index (χ1n) is 5.95. The maximum Gasteiger partial charge on any atom is 0.350 e. The van der Waals surface area contributed by atoms with E-state index in [1.807, 2.05) is 13.0 Å². The molecule has 0 bridgehead atoms. The van der Waals surface area contributed by atoms with E-state index in [4.69, 9.17) is 4.42 Å². The van der Waals surface area contributed by atoms with Crippen LogP contribution in [0.3, 0.4) is 0 Å². The second-order valence-corrected chi connectivity index (χ2v) is 4.37. The average molecular weight is 214 g/mol. The Bertz CT molecular complexity index is 499. The number of benzene rings is 1. The standard InChI is InChI=1S/C14H16NO/c1-11-15(12-7-3-2-4-8-12)13-9-5-6-10-14(13)16-11/h2-4,7-8H,5-6,9-10H2,1H3/q+1. The van der Waals surface area contributed by atoms with Crippen molar-refractivity contribution in [2.75, 3.05) is 0 Å². The normalized spacial score (nSPS) is 14.8. The highest BCUT2D eigenvalue weighted by Crippen LogP contribution is 2.21. The molecule has 1 aliphatic rings. The molecule has 82 valence electrons. The second kappa shape index (κ2) is 3.78. The van der Waals surface area contributed by atoms with Crippen molar-refractivity contribution >= 4 is 0 Å². The minimum absolute atomic E-state index is 0.998. The van der Waals surface area contributed by atoms with Crippen LogP contribution in [0.25, 0.3) is 5.69 Å². The SMILES string of the molecule is Cc1oc2c([n+]1-c1ccccc1)CCCC2. The van der Waals surface area contributed by atoms with Crippen molar-refractivity contribution in [2.45, 2.75) is 32.6 Å². The largest absolute Gasteiger partial charge is 0.406 e. The zero-order valence-corrected chi connectivity index (χ0v) is 9.57. The topological polar surface area (TPSA) is 17.0 Å². The Morgan fingerprint density at radius 2 is 1.81 bits per heavy atom. The first kappa shape index (κ1) is 9.64. The lowest BCUT2D eigenvalue weighted by Crippen LogP contribution is -2.36. The van der Waals surface area contributed by atoms with E-state index in [1.165, 1.54) is 30.0 Å². The number of fused-ring (bicyclic) bond motifs is 1. The lowest BCUT2D eigenvalue weighted by molar-refractivity contribution is -0.615. The van der Waals surface area contributed by atoms with Gasteiger partial charge >= 0.3 is 5.89 Å². The third kappa shape index (κ3) is 1.45. The molecule has 0 radical (unpaired) electrons. The minimum Gasteiger partial charge on any atom is -0.406 e. The number of para-hydroxylation sites is 1. The maximum atomic E-state index is 5.85. The van der Waals surface area contributed by atoms with Gasteiger partial charge in [-0.25, -0.2) is 0 Å². The first-order valence-corrected chi connectivity index (χ1v) is 5.95. The molecule has 0 unspecified atom stereocenters. The summed E-state index contributed by atoms with van der Waals surface area (Å²) in [5.41, 5.74) is 2.59. The van der Waals surface area contributed by atoms with Gasteiger partial charge in [-0.05, 0) is 12.8 Å². The Morgan fingerprint density at radius 3 is 2.62 bits per heavy atom. The highest BCUT2D eigenvalue weighted by molar-refractivity contribution is 5.23. The Labute approximate surface area is 95.5 Å². The van der Waals surface area contributed by atoms with Crippen LogP contribution in [0.4, 0.5) is 0 Å². The molecule has 0 fully saturated rings. The van der Waals surface area contributed by atoms with Crippen LogP contribution in [0.1, 0.15) is 30.2 Å². The van der Waals surface area contributed by atoms with Gasteiger partial charge in [0.1, 0.15) is 0 Å². The minimum atomic E-state index is 0.998. The summed E-state index contributed by atoms with van der Waals surface area (Å²) in [6.07, 6.45) is 4.77. The summed E-state index contributed by atoms with van der Waals surface area (Å²) < 4.78 is 8.11. The van der Waals surface area contributed by atoms with Gasteiger partial charge in [0.25, 0.3) is 0 Å². The molecule has 3 rings (SSSR count). The summed E-state index contributed by atoms with van der Waals surface area (Å²) in [5, 5.41) is 0. The Hall–Kier alpha value is -1.57. The molecule has 0 amide bonds. The van der Waals surface area contributed by atoms with E-state index < -0.39 is 0 Å². The Morgan fingerprint density at radius 1 is 1.06 bits per heavy atom. The number of nitrogens with zero attached hydrogens (tertiary/aromatic N) is 1. The van der Waals surface area contributed by atoms with Crippen LogP contribution in [0.5, 0.6) is 0 Å². The van der Waals surface area contributed by atoms with Crippen LogP contribution in [0.15, 0.2) is 34.7 Å². The molecule has 0 spiro atoms. The predicted octanol–water partition coefficient (Wildman–Crippen LogP) is 2.74. The van der Waals surface area contributed by atoms with Crippen molar-refractivity contribution in [3.8, 4) is 5.69 Å². The molecule has 16 heavy (non-hydrogen) atoms. The molecule has 1 aromatic heterocycles. The van der Waals surface area contributed by atoms with Crippen LogP contribution in [0.2, 0.25) is 0 Å². The fourth-order valence-corrected chi connectivity index (χ4v) is 2.54. The van der Waals surface area contributed by atoms with Gasteiger partial charge in [-0.15, -0.1) is 4.57 Å². The number of oxazole rings is 1. The summed E-state index contributed by atoms with van der Waals surface area (Å²) >= 11 is 0. The van der Waals surface area contributed by atoms with Crippen LogP contribution in [-0.4, -0.2) is 0 Å². The van der Waals surface area contributed by atoms with E-state index in [1.54, 1.807) is 0 Å². The second-order valence-electron chi connectivity index (χ2n) is 4.37. The molecule has 2 aromatic rings. The maximum absolute atomic E-state index is 5.85. The number of hydrogen-bond acceptors (Lipinski definition) is 1. The lowest BCUT2D eigenvalue weighted by Gasteiger charge is -2.04. The van der Waals surface area contributed by atoms with Gasteiger partial charge in [-0.1, -0.05) is 18.2 Å². The number of hydrogen-bond donors (Lipinski definition) is 0. The lowest BCUT2D eigenvalue weighted by atomic mass is 10.0. The van der Waals surface area contributed by atoms with Crippen molar-refractivity contribution in [1.82, 2.24) is 0 Å². The Balaban J connectivity index is 2.17. The van der Waals surface area contributed by atoms with E-state index in [0.717, 1.165) is 18.7 Å². The van der Waals surface area contributed by atoms with E-state index in [9.17, 15) is 0 Å². The van der Waals surface area contributed by atoms with Crippen LogP contribution < -0.4 is 4.57 Å². The van der Waals surface area contributed by atoms with Crippen molar-refractivity contribution in [3.05, 3.63) is 47.7 Å². The smallest absolute Gasteiger partial charge is 0.350 e. The summed E-state index contributed by atoms with van der Waals surface area (Å²) in [7, 11) is 0. The van der Waals surface area contributed by atoms with Crippen LogP contribution in [0, 0.1) is 6.92 Å². The molecule has 0 N–H and O–H groups in total. The van der Waals surface area contributed by atoms with Crippen molar-refractivity contribution in [1.29, 1.82) is 0 Å². The highest BCUT2D eigenvalue weighted by Gasteiger charge is 2.29. The van der Waals surface area contributed by atoms with Gasteiger partial charge in [0.05, 0.1) is 6.92 Å². The number of aromatic nitrogens is 1. The molecule has 1 heterocycles. The molecule has 1 aromatic carbocycles. The van der Waals surface area contributed by atoms with Crippen molar-refractivity contribution in [2.24, 2.45) is 0 Å². The molecular weight excluding hydrogens is 198 g/mol. The van der Waals surface area contributed by atoms with Crippen molar-refractivity contribution < 1.29 is 8.98 Å². The summed E-state index contributed by atoms with van der Waals surface area (Å²) in [4.78, 5) is 0. The third-order valence-corrected chi connectivity index (χ3v) is 3.26. The quantitative estimate of drug-likeness (QED) is 0.667. The highest BCUT2D eigenvalue weighted by atomic mass is 16.4. The first-order chi connectivity index (χ1) is 7.86. The van der Waals surface area contributed by atoms with Gasteiger partial charge in [0.2, 0.25) is 11.4 Å². The molecular formula is C14H16NO+. The number of aryl methyl sites for hydroxylation is 2. The van der Waals surface area contributed by atoms with Gasteiger partial charge in [-0.2, -0.15) is 0 Å². The monoisotopic (exact) mass is 214 g/mol. The summed E-state index contributed by atoms with van der Waals surface area (Å²) in [6, 6.07) is 10.5. The molecule has 0 aliphatic heterocycles. The number of rotatable bonds is 1. The molecule has 2 nitrogen and oxygen atoms in total. The van der Waals surface area contributed by atoms with E-state index >= 15 is 0 Å². The molecule has 1 aliphatic carbocycles. The van der Waals surface area contributed by atoms with Crippen LogP contribution >= 0.6 is 0 Å². The zero-order valence-electron chi connectivity index (χ0n) is 9.57. The fourth-order valence-electron chi connectivity index (χ4n) is 2.54. The van der Waals surface area contributed by atoms with Gasteiger partial charge in [-0.3, -0.25) is 0 Å². The Kier molecular flexibility index (Phi) is 2.28. The molecule has 2 heteroatoms.